The Balaban J connectivity index is 1.95. The first-order valence-electron chi connectivity index (χ1n) is 6.65. The van der Waals surface area contributed by atoms with Gasteiger partial charge in [0.05, 0.1) is 5.71 Å². The molecule has 5 nitrogen and oxygen atoms in total. The Labute approximate surface area is 126 Å². The summed E-state index contributed by atoms with van der Waals surface area (Å²) in [4.78, 5) is 27.8. The van der Waals surface area contributed by atoms with Gasteiger partial charge < -0.3 is 10.4 Å². The molecule has 2 N–H and O–H groups in total. The molecule has 1 aliphatic heterocycles. The molecule has 3 rings (SSSR count). The summed E-state index contributed by atoms with van der Waals surface area (Å²) < 4.78 is 0. The number of benzene rings is 2. The fraction of sp³-hybridized carbons (Fsp3) is 0. The van der Waals surface area contributed by atoms with E-state index in [9.17, 15) is 14.7 Å². The Bertz CT molecular complexity index is 793. The lowest BCUT2D eigenvalue weighted by Gasteiger charge is -2.08. The third-order valence-electron chi connectivity index (χ3n) is 3.20. The largest absolute Gasteiger partial charge is 0.502 e. The van der Waals surface area contributed by atoms with Crippen molar-refractivity contribution >= 4 is 23.2 Å². The molecule has 2 aromatic carbocycles. The van der Waals surface area contributed by atoms with Gasteiger partial charge in [-0.1, -0.05) is 48.5 Å². The van der Waals surface area contributed by atoms with Gasteiger partial charge in [-0.15, -0.1) is 0 Å². The number of hydrogen-bond donors (Lipinski definition) is 2. The summed E-state index contributed by atoms with van der Waals surface area (Å²) in [6.45, 7) is 0. The summed E-state index contributed by atoms with van der Waals surface area (Å²) in [5, 5.41) is 12.5. The monoisotopic (exact) mass is 292 g/mol. The Hall–Kier alpha value is -3.21. The highest BCUT2D eigenvalue weighted by Crippen LogP contribution is 2.21. The van der Waals surface area contributed by atoms with Crippen LogP contribution in [0, 0.1) is 0 Å². The first kappa shape index (κ1) is 13.8. The van der Waals surface area contributed by atoms with Crippen molar-refractivity contribution in [2.24, 2.45) is 4.99 Å². The molecule has 5 heteroatoms. The van der Waals surface area contributed by atoms with Crippen molar-refractivity contribution < 1.29 is 14.7 Å². The van der Waals surface area contributed by atoms with E-state index in [2.05, 4.69) is 10.3 Å². The fourth-order valence-corrected chi connectivity index (χ4v) is 2.16. The molecule has 0 saturated carbocycles. The maximum atomic E-state index is 12.4. The van der Waals surface area contributed by atoms with Gasteiger partial charge in [-0.05, 0) is 12.1 Å². The average Bonchev–Trinajstić information content (AvgIpc) is 2.85. The van der Waals surface area contributed by atoms with E-state index in [4.69, 9.17) is 0 Å². The first-order valence-corrected chi connectivity index (χ1v) is 6.65. The summed E-state index contributed by atoms with van der Waals surface area (Å²) in [7, 11) is 0. The molecular weight excluding hydrogens is 280 g/mol. The number of aliphatic hydroxyl groups is 1. The number of aliphatic imine (C=N–C) groups is 1. The van der Waals surface area contributed by atoms with Crippen molar-refractivity contribution in [3.63, 3.8) is 0 Å². The highest BCUT2D eigenvalue weighted by atomic mass is 16.3. The molecule has 1 heterocycles. The maximum absolute atomic E-state index is 12.4. The molecule has 22 heavy (non-hydrogen) atoms. The standard InChI is InChI=1S/C17H12N2O3/c20-15-13(16(21)18-12-9-5-2-6-10-12)14(19-17(15)22)11-7-3-1-4-8-11/h1-10H,(H,18,21)(H,19,20,22). The van der Waals surface area contributed by atoms with E-state index >= 15 is 0 Å². The van der Waals surface area contributed by atoms with Crippen LogP contribution in [0.2, 0.25) is 0 Å². The average molecular weight is 292 g/mol. The van der Waals surface area contributed by atoms with E-state index in [0.717, 1.165) is 0 Å². The van der Waals surface area contributed by atoms with Crippen LogP contribution < -0.4 is 5.32 Å². The number of anilines is 1. The fourth-order valence-electron chi connectivity index (χ4n) is 2.16. The van der Waals surface area contributed by atoms with Gasteiger partial charge in [0.15, 0.2) is 5.76 Å². The summed E-state index contributed by atoms with van der Waals surface area (Å²) in [6, 6.07) is 17.6. The van der Waals surface area contributed by atoms with Gasteiger partial charge in [-0.25, -0.2) is 4.99 Å². The minimum absolute atomic E-state index is 0.111. The van der Waals surface area contributed by atoms with Crippen LogP contribution in [0.5, 0.6) is 0 Å². The molecule has 0 bridgehead atoms. The van der Waals surface area contributed by atoms with E-state index in [1.54, 1.807) is 48.5 Å². The van der Waals surface area contributed by atoms with E-state index in [-0.39, 0.29) is 11.3 Å². The molecule has 108 valence electrons. The van der Waals surface area contributed by atoms with Gasteiger partial charge in [-0.2, -0.15) is 0 Å². The topological polar surface area (TPSA) is 78.8 Å². The number of carbonyl (C=O) groups is 2. The number of rotatable bonds is 3. The molecule has 0 atom stereocenters. The molecule has 0 saturated heterocycles. The Kier molecular flexibility index (Phi) is 3.53. The van der Waals surface area contributed by atoms with Crippen LogP contribution in [0.4, 0.5) is 5.69 Å². The van der Waals surface area contributed by atoms with Crippen molar-refractivity contribution in [2.75, 3.05) is 5.32 Å². The predicted octanol–water partition coefficient (Wildman–Crippen LogP) is 2.47. The Morgan fingerprint density at radius 3 is 2.18 bits per heavy atom. The van der Waals surface area contributed by atoms with Crippen LogP contribution in [0.1, 0.15) is 5.56 Å². The van der Waals surface area contributed by atoms with E-state index in [1.807, 2.05) is 12.1 Å². The zero-order valence-corrected chi connectivity index (χ0v) is 11.5. The maximum Gasteiger partial charge on any atom is 0.313 e. The molecule has 1 aliphatic rings. The van der Waals surface area contributed by atoms with Crippen molar-refractivity contribution in [1.29, 1.82) is 0 Å². The number of para-hydroxylation sites is 1. The summed E-state index contributed by atoms with van der Waals surface area (Å²) in [5.74, 6) is -2.01. The zero-order chi connectivity index (χ0) is 15.5. The molecular formula is C17H12N2O3. The molecule has 2 amide bonds. The van der Waals surface area contributed by atoms with Gasteiger partial charge >= 0.3 is 5.91 Å². The number of carbonyl (C=O) groups excluding carboxylic acids is 2. The van der Waals surface area contributed by atoms with Gasteiger partial charge in [0, 0.05) is 11.3 Å². The van der Waals surface area contributed by atoms with Gasteiger partial charge in [0.25, 0.3) is 5.91 Å². The lowest BCUT2D eigenvalue weighted by Crippen LogP contribution is -2.21. The highest BCUT2D eigenvalue weighted by molar-refractivity contribution is 6.38. The smallest absolute Gasteiger partial charge is 0.313 e. The number of nitrogens with one attached hydrogen (secondary N) is 1. The second kappa shape index (κ2) is 5.65. The van der Waals surface area contributed by atoms with Crippen molar-refractivity contribution in [2.45, 2.75) is 0 Å². The summed E-state index contributed by atoms with van der Waals surface area (Å²) in [5.41, 5.74) is 1.23. The lowest BCUT2D eigenvalue weighted by atomic mass is 10.0. The van der Waals surface area contributed by atoms with Gasteiger partial charge in [-0.3, -0.25) is 9.59 Å². The van der Waals surface area contributed by atoms with Crippen LogP contribution >= 0.6 is 0 Å². The number of amides is 2. The number of hydrogen-bond acceptors (Lipinski definition) is 3. The van der Waals surface area contributed by atoms with Crippen molar-refractivity contribution in [3.8, 4) is 0 Å². The van der Waals surface area contributed by atoms with Crippen LogP contribution in [0.15, 0.2) is 77.0 Å². The van der Waals surface area contributed by atoms with Crippen LogP contribution in [-0.2, 0) is 9.59 Å². The Morgan fingerprint density at radius 2 is 1.55 bits per heavy atom. The normalized spacial score (nSPS) is 14.0. The number of nitrogens with zero attached hydrogens (tertiary/aromatic N) is 1. The first-order chi connectivity index (χ1) is 10.7. The third-order valence-corrected chi connectivity index (χ3v) is 3.20. The van der Waals surface area contributed by atoms with E-state index in [0.29, 0.717) is 11.3 Å². The lowest BCUT2D eigenvalue weighted by molar-refractivity contribution is -0.117. The van der Waals surface area contributed by atoms with Crippen molar-refractivity contribution in [1.82, 2.24) is 0 Å². The van der Waals surface area contributed by atoms with E-state index < -0.39 is 17.6 Å². The second-order valence-electron chi connectivity index (χ2n) is 4.68. The van der Waals surface area contributed by atoms with Gasteiger partial charge in [0.1, 0.15) is 5.57 Å². The zero-order valence-electron chi connectivity index (χ0n) is 11.5. The number of aliphatic hydroxyl groups excluding tert-OH is 1. The molecule has 0 aromatic heterocycles. The second-order valence-corrected chi connectivity index (χ2v) is 4.68. The molecule has 0 unspecified atom stereocenters. The third kappa shape index (κ3) is 2.52. The molecule has 0 fully saturated rings. The van der Waals surface area contributed by atoms with Crippen LogP contribution in [0.3, 0.4) is 0 Å². The Morgan fingerprint density at radius 1 is 0.955 bits per heavy atom. The van der Waals surface area contributed by atoms with E-state index in [1.165, 1.54) is 0 Å². The van der Waals surface area contributed by atoms with Crippen LogP contribution in [0.25, 0.3) is 0 Å². The van der Waals surface area contributed by atoms with Gasteiger partial charge in [0.2, 0.25) is 0 Å². The minimum atomic E-state index is -0.808. The summed E-state index contributed by atoms with van der Waals surface area (Å²) >= 11 is 0. The van der Waals surface area contributed by atoms with Crippen LogP contribution in [-0.4, -0.2) is 22.6 Å². The minimum Gasteiger partial charge on any atom is -0.502 e. The highest BCUT2D eigenvalue weighted by Gasteiger charge is 2.32. The van der Waals surface area contributed by atoms with Crippen molar-refractivity contribution in [3.05, 3.63) is 77.6 Å². The SMILES string of the molecule is O=C1N=C(c2ccccc2)C(C(=O)Nc2ccccc2)=C1O. The molecule has 0 spiro atoms. The quantitative estimate of drug-likeness (QED) is 0.912. The molecule has 0 aliphatic carbocycles. The predicted molar refractivity (Wildman–Crippen MR) is 82.7 cm³/mol. The molecule has 0 radical (unpaired) electrons. The summed E-state index contributed by atoms with van der Waals surface area (Å²) in [6.07, 6.45) is 0. The molecule has 2 aromatic rings.